The number of fused-ring (bicyclic) bond motifs is 1. The molecule has 4 aromatic heterocycles. The molecule has 5 heterocycles. The zero-order valence-electron chi connectivity index (χ0n) is 19.8. The van der Waals surface area contributed by atoms with Crippen LogP contribution in [-0.4, -0.2) is 47.5 Å². The number of rotatable bonds is 5. The molecule has 0 aromatic carbocycles. The largest absolute Gasteiger partial charge is 0.326 e. The van der Waals surface area contributed by atoms with Crippen molar-refractivity contribution in [2.75, 3.05) is 22.1 Å². The van der Waals surface area contributed by atoms with E-state index in [-0.39, 0.29) is 11.3 Å². The Morgan fingerprint density at radius 3 is 2.79 bits per heavy atom. The molecule has 1 saturated heterocycles. The molecule has 176 valence electrons. The highest BCUT2D eigenvalue weighted by Gasteiger charge is 2.45. The molecule has 10 nitrogen and oxygen atoms in total. The highest BCUT2D eigenvalue weighted by Crippen LogP contribution is 2.34. The minimum atomic E-state index is -0.788. The van der Waals surface area contributed by atoms with Gasteiger partial charge >= 0.3 is 0 Å². The fraction of sp³-hybridized carbons (Fsp3) is 0.375. The molecule has 0 radical (unpaired) electrons. The average molecular weight is 460 g/mol. The molecule has 1 atom stereocenters. The molecule has 34 heavy (non-hydrogen) atoms. The summed E-state index contributed by atoms with van der Waals surface area (Å²) in [5.41, 5.74) is 1.59. The Labute approximate surface area is 197 Å². The number of pyridine rings is 1. The first-order valence-electron chi connectivity index (χ1n) is 11.4. The molecular formula is C24H29N9O. The first-order valence-corrected chi connectivity index (χ1v) is 11.4. The van der Waals surface area contributed by atoms with Gasteiger partial charge in [0.2, 0.25) is 17.8 Å². The van der Waals surface area contributed by atoms with Gasteiger partial charge in [-0.2, -0.15) is 15.1 Å². The third kappa shape index (κ3) is 3.95. The highest BCUT2D eigenvalue weighted by atomic mass is 16.2. The predicted molar refractivity (Wildman–Crippen MR) is 131 cm³/mol. The lowest BCUT2D eigenvalue weighted by atomic mass is 9.92. The molecule has 1 amide bonds. The molecule has 0 spiro atoms. The fourth-order valence-corrected chi connectivity index (χ4v) is 4.23. The SMILES string of the molecule is CC(C)(C)c1cc(Nc2nc(N3CCC[C@@]3(C)C(=O)Nc3cccnc3)nc3cccn23)n[nH]1. The van der Waals surface area contributed by atoms with Crippen molar-refractivity contribution in [1.82, 2.24) is 29.5 Å². The number of hydrogen-bond donors (Lipinski definition) is 3. The number of anilines is 4. The van der Waals surface area contributed by atoms with Gasteiger partial charge in [-0.3, -0.25) is 19.3 Å². The van der Waals surface area contributed by atoms with E-state index in [0.29, 0.717) is 36.4 Å². The second kappa shape index (κ2) is 8.12. The Bertz CT molecular complexity index is 1320. The quantitative estimate of drug-likeness (QED) is 0.415. The van der Waals surface area contributed by atoms with Gasteiger partial charge in [0.25, 0.3) is 0 Å². The second-order valence-electron chi connectivity index (χ2n) is 9.85. The Hall–Kier alpha value is -3.95. The van der Waals surface area contributed by atoms with E-state index in [1.807, 2.05) is 46.7 Å². The van der Waals surface area contributed by atoms with Crippen LogP contribution in [0, 0.1) is 0 Å². The van der Waals surface area contributed by atoms with Crippen molar-refractivity contribution in [3.05, 3.63) is 54.6 Å². The topological polar surface area (TPSA) is 116 Å². The molecular weight excluding hydrogens is 430 g/mol. The van der Waals surface area contributed by atoms with E-state index in [0.717, 1.165) is 17.8 Å². The molecule has 1 aliphatic rings. The van der Waals surface area contributed by atoms with Crippen LogP contribution in [0.4, 0.5) is 23.4 Å². The number of H-pyrrole nitrogens is 1. The number of hydrogen-bond acceptors (Lipinski definition) is 7. The minimum absolute atomic E-state index is 0.0501. The highest BCUT2D eigenvalue weighted by molar-refractivity contribution is 6.00. The van der Waals surface area contributed by atoms with Crippen LogP contribution < -0.4 is 15.5 Å². The van der Waals surface area contributed by atoms with E-state index in [1.165, 1.54) is 0 Å². The molecule has 5 rings (SSSR count). The lowest BCUT2D eigenvalue weighted by Gasteiger charge is -2.34. The molecule has 1 aliphatic heterocycles. The Kier molecular flexibility index (Phi) is 5.22. The summed E-state index contributed by atoms with van der Waals surface area (Å²) >= 11 is 0. The lowest BCUT2D eigenvalue weighted by Crippen LogP contribution is -2.51. The van der Waals surface area contributed by atoms with Crippen molar-refractivity contribution >= 4 is 35.0 Å². The van der Waals surface area contributed by atoms with E-state index in [4.69, 9.17) is 9.97 Å². The fourth-order valence-electron chi connectivity index (χ4n) is 4.23. The Balaban J connectivity index is 1.47. The van der Waals surface area contributed by atoms with Crippen LogP contribution in [0.15, 0.2) is 48.9 Å². The maximum atomic E-state index is 13.3. The lowest BCUT2D eigenvalue weighted by molar-refractivity contribution is -0.120. The van der Waals surface area contributed by atoms with Crippen molar-refractivity contribution in [2.45, 2.75) is 51.5 Å². The van der Waals surface area contributed by atoms with Crippen molar-refractivity contribution in [1.29, 1.82) is 0 Å². The van der Waals surface area contributed by atoms with Crippen LogP contribution >= 0.6 is 0 Å². The van der Waals surface area contributed by atoms with Gasteiger partial charge in [-0.1, -0.05) is 20.8 Å². The van der Waals surface area contributed by atoms with Crippen LogP contribution in [0.3, 0.4) is 0 Å². The van der Waals surface area contributed by atoms with Gasteiger partial charge in [0.05, 0.1) is 11.9 Å². The van der Waals surface area contributed by atoms with Gasteiger partial charge in [-0.25, -0.2) is 0 Å². The summed E-state index contributed by atoms with van der Waals surface area (Å²) in [4.78, 5) is 29.0. The second-order valence-corrected chi connectivity index (χ2v) is 9.85. The number of amides is 1. The number of aromatic nitrogens is 6. The maximum Gasteiger partial charge on any atom is 0.250 e. The molecule has 0 bridgehead atoms. The molecule has 3 N–H and O–H groups in total. The third-order valence-electron chi connectivity index (χ3n) is 6.29. The van der Waals surface area contributed by atoms with Crippen LogP contribution in [0.5, 0.6) is 0 Å². The van der Waals surface area contributed by atoms with Crippen molar-refractivity contribution in [2.24, 2.45) is 0 Å². The van der Waals surface area contributed by atoms with E-state index >= 15 is 0 Å². The van der Waals surface area contributed by atoms with Crippen LogP contribution in [0.1, 0.15) is 46.2 Å². The normalized spacial score (nSPS) is 18.4. The van der Waals surface area contributed by atoms with Crippen LogP contribution in [0.2, 0.25) is 0 Å². The van der Waals surface area contributed by atoms with E-state index in [2.05, 4.69) is 46.6 Å². The molecule has 0 saturated carbocycles. The Morgan fingerprint density at radius 2 is 2.06 bits per heavy atom. The summed E-state index contributed by atoms with van der Waals surface area (Å²) in [6, 6.07) is 9.45. The zero-order chi connectivity index (χ0) is 23.9. The third-order valence-corrected chi connectivity index (χ3v) is 6.29. The number of nitrogens with zero attached hydrogens (tertiary/aromatic N) is 6. The van der Waals surface area contributed by atoms with Crippen molar-refractivity contribution < 1.29 is 4.79 Å². The summed E-state index contributed by atoms with van der Waals surface area (Å²) in [5.74, 6) is 1.65. The summed E-state index contributed by atoms with van der Waals surface area (Å²) < 4.78 is 1.87. The average Bonchev–Trinajstić information content (AvgIpc) is 3.54. The van der Waals surface area contributed by atoms with Crippen LogP contribution in [0.25, 0.3) is 5.65 Å². The van der Waals surface area contributed by atoms with Crippen LogP contribution in [-0.2, 0) is 10.2 Å². The monoisotopic (exact) mass is 459 g/mol. The number of nitrogens with one attached hydrogen (secondary N) is 3. The van der Waals surface area contributed by atoms with Crippen molar-refractivity contribution in [3.8, 4) is 0 Å². The number of carbonyl (C=O) groups is 1. The molecule has 0 unspecified atom stereocenters. The van der Waals surface area contributed by atoms with Gasteiger partial charge in [-0.15, -0.1) is 0 Å². The van der Waals surface area contributed by atoms with Gasteiger partial charge < -0.3 is 15.5 Å². The molecule has 10 heteroatoms. The number of carbonyl (C=O) groups excluding carboxylic acids is 1. The first kappa shape index (κ1) is 21.9. The molecule has 1 fully saturated rings. The smallest absolute Gasteiger partial charge is 0.250 e. The summed E-state index contributed by atoms with van der Waals surface area (Å²) in [6.07, 6.45) is 6.78. The standard InChI is InChI=1S/C24H29N9O/c1-23(2,3)17-14-18(31-30-17)27-21-29-22(28-19-9-6-12-32(19)21)33-13-7-10-24(33,4)20(34)26-16-8-5-11-25-15-16/h5-6,8-9,11-12,14-15H,7,10,13H2,1-4H3,(H,26,34)(H2,27,28,29,30,31)/t24-/m0/s1. The molecule has 0 aliphatic carbocycles. The summed E-state index contributed by atoms with van der Waals surface area (Å²) in [7, 11) is 0. The molecule has 4 aromatic rings. The number of aromatic amines is 1. The van der Waals surface area contributed by atoms with E-state index < -0.39 is 5.54 Å². The van der Waals surface area contributed by atoms with Gasteiger partial charge in [-0.05, 0) is 44.0 Å². The summed E-state index contributed by atoms with van der Waals surface area (Å²) in [6.45, 7) is 9.00. The van der Waals surface area contributed by atoms with Gasteiger partial charge in [0.1, 0.15) is 11.2 Å². The maximum absolute atomic E-state index is 13.3. The first-order chi connectivity index (χ1) is 16.2. The van der Waals surface area contributed by atoms with Gasteiger partial charge in [0, 0.05) is 36.1 Å². The van der Waals surface area contributed by atoms with E-state index in [9.17, 15) is 4.79 Å². The van der Waals surface area contributed by atoms with Crippen molar-refractivity contribution in [3.63, 3.8) is 0 Å². The Morgan fingerprint density at radius 1 is 1.21 bits per heavy atom. The van der Waals surface area contributed by atoms with E-state index in [1.54, 1.807) is 18.5 Å². The van der Waals surface area contributed by atoms with Gasteiger partial charge in [0.15, 0.2) is 5.82 Å². The zero-order valence-corrected chi connectivity index (χ0v) is 19.8. The minimum Gasteiger partial charge on any atom is -0.326 e. The predicted octanol–water partition coefficient (Wildman–Crippen LogP) is 3.89. The summed E-state index contributed by atoms with van der Waals surface area (Å²) in [5, 5.41) is 13.8.